The molecule has 6 nitrogen and oxygen atoms in total. The van der Waals surface area contributed by atoms with Crippen LogP contribution in [0.15, 0.2) is 43.0 Å². The number of carbonyl (C=O) groups is 2. The maximum Gasteiger partial charge on any atom is 0.336 e. The lowest BCUT2D eigenvalue weighted by Crippen LogP contribution is -3.00. The fourth-order valence-electron chi connectivity index (χ4n) is 2.56. The summed E-state index contributed by atoms with van der Waals surface area (Å²) in [5.74, 6) is -2.46. The van der Waals surface area contributed by atoms with Gasteiger partial charge in [-0.1, -0.05) is 44.7 Å². The summed E-state index contributed by atoms with van der Waals surface area (Å²) < 4.78 is 4.36. The molecule has 0 atom stereocenters. The number of aromatic nitrogens is 2. The fourth-order valence-corrected chi connectivity index (χ4v) is 2.56. The van der Waals surface area contributed by atoms with Crippen LogP contribution in [0.1, 0.15) is 66.2 Å². The molecule has 27 heavy (non-hydrogen) atoms. The number of nitrogens with zero attached hydrogens (tertiary/aromatic N) is 2. The fraction of sp³-hybridized carbons (Fsp3) is 0.450. The van der Waals surface area contributed by atoms with Crippen LogP contribution in [0.5, 0.6) is 0 Å². The lowest BCUT2D eigenvalue weighted by molar-refractivity contribution is -0.696. The number of benzene rings is 1. The summed E-state index contributed by atoms with van der Waals surface area (Å²) in [6.07, 6.45) is 14.6. The average Bonchev–Trinajstić information content (AvgIpc) is 3.03. The van der Waals surface area contributed by atoms with Crippen LogP contribution in [-0.2, 0) is 13.6 Å². The smallest absolute Gasteiger partial charge is 0.336 e. The molecule has 0 amide bonds. The summed E-state index contributed by atoms with van der Waals surface area (Å²) >= 11 is 0. The number of imidazole rings is 1. The van der Waals surface area contributed by atoms with Gasteiger partial charge in [-0.2, -0.15) is 0 Å². The molecule has 0 fully saturated rings. The zero-order chi connectivity index (χ0) is 19.4. The van der Waals surface area contributed by atoms with Crippen LogP contribution in [-0.4, -0.2) is 26.7 Å². The molecule has 2 rings (SSSR count). The van der Waals surface area contributed by atoms with Crippen molar-refractivity contribution in [3.63, 3.8) is 0 Å². The Bertz CT molecular complexity index is 668. The van der Waals surface area contributed by atoms with Gasteiger partial charge in [-0.15, -0.1) is 0 Å². The zero-order valence-electron chi connectivity index (χ0n) is 16.0. The normalized spacial score (nSPS) is 9.70. The third-order valence-electron chi connectivity index (χ3n) is 3.98. The molecule has 7 heteroatoms. The van der Waals surface area contributed by atoms with Crippen molar-refractivity contribution in [3.8, 4) is 0 Å². The van der Waals surface area contributed by atoms with Crippen LogP contribution >= 0.6 is 0 Å². The van der Waals surface area contributed by atoms with Gasteiger partial charge >= 0.3 is 11.9 Å². The Morgan fingerprint density at radius 2 is 1.48 bits per heavy atom. The topological polar surface area (TPSA) is 83.4 Å². The Morgan fingerprint density at radius 1 is 0.963 bits per heavy atom. The zero-order valence-corrected chi connectivity index (χ0v) is 17.6. The van der Waals surface area contributed by atoms with Gasteiger partial charge in [-0.25, -0.2) is 18.7 Å². The van der Waals surface area contributed by atoms with Gasteiger partial charge in [0.05, 0.1) is 24.7 Å². The van der Waals surface area contributed by atoms with Gasteiger partial charge in [-0.3, -0.25) is 0 Å². The second-order valence-corrected chi connectivity index (χ2v) is 6.24. The van der Waals surface area contributed by atoms with E-state index in [4.69, 9.17) is 10.2 Å². The quantitative estimate of drug-likeness (QED) is 0.445. The van der Waals surface area contributed by atoms with Gasteiger partial charge in [0.1, 0.15) is 12.4 Å². The Balaban J connectivity index is 0.000000488. The summed E-state index contributed by atoms with van der Waals surface area (Å²) in [6.45, 7) is 3.44. The summed E-state index contributed by atoms with van der Waals surface area (Å²) in [4.78, 5) is 20.9. The van der Waals surface area contributed by atoms with Crippen LogP contribution in [0.2, 0.25) is 0 Å². The van der Waals surface area contributed by atoms with E-state index in [0.717, 1.165) is 0 Å². The van der Waals surface area contributed by atoms with Crippen molar-refractivity contribution in [1.82, 2.24) is 4.57 Å². The number of hydrogen-bond acceptors (Lipinski definition) is 2. The first-order chi connectivity index (χ1) is 12.5. The maximum atomic E-state index is 10.5. The van der Waals surface area contributed by atoms with Crippen molar-refractivity contribution in [2.75, 3.05) is 0 Å². The Morgan fingerprint density at radius 3 is 1.93 bits per heavy atom. The number of rotatable bonds is 9. The van der Waals surface area contributed by atoms with Gasteiger partial charge < -0.3 is 27.2 Å². The van der Waals surface area contributed by atoms with E-state index in [1.54, 1.807) is 0 Å². The van der Waals surface area contributed by atoms with E-state index in [1.807, 2.05) is 0 Å². The summed E-state index contributed by atoms with van der Waals surface area (Å²) in [7, 11) is 2.07. The van der Waals surface area contributed by atoms with E-state index in [0.29, 0.717) is 0 Å². The average molecular weight is 441 g/mol. The molecule has 150 valence electrons. The van der Waals surface area contributed by atoms with Crippen molar-refractivity contribution in [2.24, 2.45) is 7.05 Å². The number of aromatic carboxylic acids is 2. The van der Waals surface area contributed by atoms with Gasteiger partial charge in [0.15, 0.2) is 0 Å². The molecule has 0 radical (unpaired) electrons. The minimum Gasteiger partial charge on any atom is -1.00 e. The molecule has 0 bridgehead atoms. The highest BCUT2D eigenvalue weighted by Crippen LogP contribution is 2.08. The molecule has 0 aliphatic carbocycles. The predicted molar refractivity (Wildman–Crippen MR) is 99.3 cm³/mol. The molecule has 2 N–H and O–H groups in total. The van der Waals surface area contributed by atoms with Gasteiger partial charge in [0.25, 0.3) is 0 Å². The molecular weight excluding hydrogens is 412 g/mol. The first-order valence-electron chi connectivity index (χ1n) is 9.02. The number of hydrogen-bond donors (Lipinski definition) is 2. The first kappa shape index (κ1) is 24.8. The summed E-state index contributed by atoms with van der Waals surface area (Å²) in [6, 6.07) is 5.48. The van der Waals surface area contributed by atoms with Crippen molar-refractivity contribution >= 4 is 11.9 Å². The first-order valence-corrected chi connectivity index (χ1v) is 9.02. The highest BCUT2D eigenvalue weighted by Gasteiger charge is 2.13. The molecule has 0 spiro atoms. The number of halogens is 1. The maximum absolute atomic E-state index is 10.5. The van der Waals surface area contributed by atoms with Crippen LogP contribution in [0.3, 0.4) is 0 Å². The van der Waals surface area contributed by atoms with Crippen LogP contribution in [0.4, 0.5) is 0 Å². The van der Waals surface area contributed by atoms with Crippen molar-refractivity contribution < 1.29 is 41.4 Å². The third kappa shape index (κ3) is 9.94. The highest BCUT2D eigenvalue weighted by molar-refractivity contribution is 6.01. The van der Waals surface area contributed by atoms with E-state index in [-0.39, 0.29) is 28.1 Å². The van der Waals surface area contributed by atoms with Gasteiger partial charge in [-0.05, 0) is 25.0 Å². The highest BCUT2D eigenvalue weighted by atomic mass is 79.9. The molecule has 0 saturated heterocycles. The predicted octanol–water partition coefficient (Wildman–Crippen LogP) is 0.760. The molecule has 1 aromatic carbocycles. The lowest BCUT2D eigenvalue weighted by atomic mass is 10.1. The molecule has 1 aromatic heterocycles. The van der Waals surface area contributed by atoms with E-state index < -0.39 is 11.9 Å². The molecule has 0 unspecified atom stereocenters. The standard InChI is InChI=1S/C12H23N2.C8H6O4.BrH/c1-3-4-5-6-7-8-9-14-11-10-13(2)12-14;9-7(10)5-3-1-2-4-6(5)8(11)12;/h10-12H,3-9H2,1-2H3;1-4H,(H,9,10)(H,11,12);1H/q+1;;/p-1. The van der Waals surface area contributed by atoms with Crippen LogP contribution < -0.4 is 21.5 Å². The Labute approximate surface area is 171 Å². The Hall–Kier alpha value is -2.15. The molecule has 2 aromatic rings. The minimum absolute atomic E-state index is 0. The minimum atomic E-state index is -1.23. The SMILES string of the molecule is CCCCCCCC[n+]1ccn(C)c1.O=C(O)c1ccccc1C(=O)O.[Br-]. The number of unbranched alkanes of at least 4 members (excludes halogenated alkanes) is 5. The van der Waals surface area contributed by atoms with E-state index >= 15 is 0 Å². The van der Waals surface area contributed by atoms with Crippen LogP contribution in [0.25, 0.3) is 0 Å². The molecular formula is C20H29BrN2O4. The third-order valence-corrected chi connectivity index (χ3v) is 3.98. The van der Waals surface area contributed by atoms with Crippen molar-refractivity contribution in [1.29, 1.82) is 0 Å². The van der Waals surface area contributed by atoms with E-state index in [1.165, 1.54) is 69.3 Å². The number of aryl methyl sites for hydroxylation is 2. The molecule has 0 saturated carbocycles. The monoisotopic (exact) mass is 440 g/mol. The van der Waals surface area contributed by atoms with Crippen LogP contribution in [0, 0.1) is 0 Å². The second-order valence-electron chi connectivity index (χ2n) is 6.24. The van der Waals surface area contributed by atoms with E-state index in [9.17, 15) is 9.59 Å². The molecule has 1 heterocycles. The largest absolute Gasteiger partial charge is 1.00 e. The van der Waals surface area contributed by atoms with Crippen molar-refractivity contribution in [3.05, 3.63) is 54.1 Å². The van der Waals surface area contributed by atoms with E-state index in [2.05, 4.69) is 41.8 Å². The van der Waals surface area contributed by atoms with Crippen molar-refractivity contribution in [2.45, 2.75) is 52.0 Å². The molecule has 0 aliphatic heterocycles. The number of carboxylic acid groups (broad SMARTS) is 2. The lowest BCUT2D eigenvalue weighted by Gasteiger charge is -1.98. The van der Waals surface area contributed by atoms with Gasteiger partial charge in [0, 0.05) is 0 Å². The van der Waals surface area contributed by atoms with Gasteiger partial charge in [0.2, 0.25) is 6.33 Å². The summed E-state index contributed by atoms with van der Waals surface area (Å²) in [5, 5.41) is 17.1. The Kier molecular flexibility index (Phi) is 12.9. The summed E-state index contributed by atoms with van der Waals surface area (Å²) in [5.41, 5.74) is -0.380. The molecule has 0 aliphatic rings. The number of carboxylic acids is 2. The second kappa shape index (κ2) is 14.0.